The molecule has 0 aliphatic heterocycles. The largest absolute Gasteiger partial charge is 0.254 e. The average Bonchev–Trinajstić information content (AvgIpc) is 2.97. The molecule has 0 amide bonds. The molecular weight excluding hydrogens is 206 g/mol. The highest BCUT2D eigenvalue weighted by molar-refractivity contribution is 5.38. The van der Waals surface area contributed by atoms with Crippen LogP contribution in [0.1, 0.15) is 50.7 Å². The van der Waals surface area contributed by atoms with E-state index in [2.05, 4.69) is 13.8 Å². The van der Waals surface area contributed by atoms with Gasteiger partial charge in [0.05, 0.1) is 5.41 Å². The van der Waals surface area contributed by atoms with Gasteiger partial charge >= 0.3 is 0 Å². The van der Waals surface area contributed by atoms with Crippen molar-refractivity contribution in [3.8, 4) is 0 Å². The van der Waals surface area contributed by atoms with Gasteiger partial charge in [0.1, 0.15) is 0 Å². The van der Waals surface area contributed by atoms with Crippen LogP contribution in [0, 0.1) is 0 Å². The summed E-state index contributed by atoms with van der Waals surface area (Å²) in [5, 5.41) is 0. The summed E-state index contributed by atoms with van der Waals surface area (Å²) >= 11 is 0. The van der Waals surface area contributed by atoms with Gasteiger partial charge in [-0.1, -0.05) is 38.1 Å². The molecule has 0 spiro atoms. The second kappa shape index (κ2) is 3.54. The molecule has 1 saturated carbocycles. The highest BCUT2D eigenvalue weighted by atomic mass is 19.3. The number of alkyl halides is 2. The van der Waals surface area contributed by atoms with Gasteiger partial charge < -0.3 is 0 Å². The first-order chi connectivity index (χ1) is 7.37. The van der Waals surface area contributed by atoms with E-state index >= 15 is 0 Å². The molecule has 0 unspecified atom stereocenters. The minimum atomic E-state index is -2.61. The summed E-state index contributed by atoms with van der Waals surface area (Å²) in [7, 11) is 0. The van der Waals surface area contributed by atoms with Crippen LogP contribution in [0.15, 0.2) is 24.3 Å². The van der Waals surface area contributed by atoms with Gasteiger partial charge in [-0.2, -0.15) is 0 Å². The Bertz CT molecular complexity index is 384. The van der Waals surface area contributed by atoms with Crippen molar-refractivity contribution in [2.45, 2.75) is 50.9 Å². The molecule has 1 aromatic carbocycles. The quantitative estimate of drug-likeness (QED) is 0.709. The predicted molar refractivity (Wildman–Crippen MR) is 62.1 cm³/mol. The summed E-state index contributed by atoms with van der Waals surface area (Å²) in [6.07, 6.45) is 1.22. The highest BCUT2D eigenvalue weighted by Gasteiger charge is 2.59. The molecule has 0 heterocycles. The van der Waals surface area contributed by atoms with Crippen molar-refractivity contribution in [3.63, 3.8) is 0 Å². The van der Waals surface area contributed by atoms with Crippen molar-refractivity contribution in [1.82, 2.24) is 0 Å². The molecule has 88 valence electrons. The third-order valence-corrected chi connectivity index (χ3v) is 3.70. The zero-order valence-electron chi connectivity index (χ0n) is 10.1. The van der Waals surface area contributed by atoms with E-state index in [-0.39, 0.29) is 0 Å². The maximum atomic E-state index is 13.6. The molecular formula is C14H18F2. The Labute approximate surface area is 95.7 Å². The Balaban J connectivity index is 2.38. The van der Waals surface area contributed by atoms with Gasteiger partial charge in [0, 0.05) is 6.92 Å². The van der Waals surface area contributed by atoms with Crippen LogP contribution in [0.4, 0.5) is 8.78 Å². The Morgan fingerprint density at radius 3 is 2.31 bits per heavy atom. The van der Waals surface area contributed by atoms with Crippen LogP contribution in [0.25, 0.3) is 0 Å². The Morgan fingerprint density at radius 2 is 1.88 bits per heavy atom. The van der Waals surface area contributed by atoms with Gasteiger partial charge in [-0.15, -0.1) is 0 Å². The van der Waals surface area contributed by atoms with E-state index in [0.29, 0.717) is 18.8 Å². The van der Waals surface area contributed by atoms with Crippen LogP contribution in [0.3, 0.4) is 0 Å². The summed E-state index contributed by atoms with van der Waals surface area (Å²) in [5.74, 6) is -2.22. The van der Waals surface area contributed by atoms with Crippen LogP contribution < -0.4 is 0 Å². The number of benzene rings is 1. The number of halogens is 2. The van der Waals surface area contributed by atoms with Gasteiger partial charge in [-0.05, 0) is 29.9 Å². The summed E-state index contributed by atoms with van der Waals surface area (Å²) in [6.45, 7) is 5.22. The van der Waals surface area contributed by atoms with Crippen molar-refractivity contribution < 1.29 is 8.78 Å². The fraction of sp³-hybridized carbons (Fsp3) is 0.571. The molecule has 0 N–H and O–H groups in total. The van der Waals surface area contributed by atoms with Crippen LogP contribution in [0.2, 0.25) is 0 Å². The van der Waals surface area contributed by atoms with Gasteiger partial charge in [-0.3, -0.25) is 0 Å². The number of hydrogen-bond acceptors (Lipinski definition) is 0. The van der Waals surface area contributed by atoms with E-state index < -0.39 is 11.3 Å². The summed E-state index contributed by atoms with van der Waals surface area (Å²) in [6, 6.07) is 7.71. The molecule has 1 aliphatic rings. The van der Waals surface area contributed by atoms with Gasteiger partial charge in [0.15, 0.2) is 0 Å². The Morgan fingerprint density at radius 1 is 1.25 bits per heavy atom. The Kier molecular flexibility index (Phi) is 2.56. The van der Waals surface area contributed by atoms with Crippen molar-refractivity contribution >= 4 is 0 Å². The normalized spacial score (nSPS) is 18.9. The van der Waals surface area contributed by atoms with Crippen molar-refractivity contribution in [3.05, 3.63) is 35.4 Å². The minimum Gasteiger partial charge on any atom is -0.206 e. The topological polar surface area (TPSA) is 0 Å². The molecule has 0 aromatic heterocycles. The maximum Gasteiger partial charge on any atom is 0.254 e. The summed E-state index contributed by atoms with van der Waals surface area (Å²) in [5.41, 5.74) is 1.08. The van der Waals surface area contributed by atoms with Crippen molar-refractivity contribution in [2.75, 3.05) is 0 Å². The van der Waals surface area contributed by atoms with Gasteiger partial charge in [0.2, 0.25) is 0 Å². The van der Waals surface area contributed by atoms with Crippen LogP contribution >= 0.6 is 0 Å². The lowest BCUT2D eigenvalue weighted by atomic mass is 9.87. The van der Waals surface area contributed by atoms with Crippen molar-refractivity contribution in [2.24, 2.45) is 0 Å². The molecule has 1 aliphatic carbocycles. The maximum absolute atomic E-state index is 13.6. The molecule has 0 bridgehead atoms. The van der Waals surface area contributed by atoms with E-state index in [1.54, 1.807) is 0 Å². The molecule has 2 rings (SSSR count). The van der Waals surface area contributed by atoms with E-state index in [1.807, 2.05) is 24.3 Å². The second-order valence-corrected chi connectivity index (χ2v) is 5.25. The van der Waals surface area contributed by atoms with E-state index in [1.165, 1.54) is 0 Å². The molecule has 0 atom stereocenters. The van der Waals surface area contributed by atoms with Crippen molar-refractivity contribution in [1.29, 1.82) is 0 Å². The average molecular weight is 224 g/mol. The van der Waals surface area contributed by atoms with Crippen LogP contribution in [-0.4, -0.2) is 5.92 Å². The third kappa shape index (κ3) is 1.74. The molecule has 2 heteroatoms. The minimum absolute atomic E-state index is 0.390. The second-order valence-electron chi connectivity index (χ2n) is 5.25. The molecule has 0 radical (unpaired) electrons. The lowest BCUT2D eigenvalue weighted by molar-refractivity contribution is -0.0200. The van der Waals surface area contributed by atoms with Gasteiger partial charge in [-0.25, -0.2) is 8.78 Å². The summed E-state index contributed by atoms with van der Waals surface area (Å²) in [4.78, 5) is 0. The smallest absolute Gasteiger partial charge is 0.206 e. The number of rotatable bonds is 3. The van der Waals surface area contributed by atoms with E-state index in [0.717, 1.165) is 18.1 Å². The van der Waals surface area contributed by atoms with Crippen LogP contribution in [-0.2, 0) is 5.41 Å². The van der Waals surface area contributed by atoms with E-state index in [4.69, 9.17) is 0 Å². The standard InChI is InChI=1S/C14H18F2/c1-10(2)11-5-4-6-12(9-11)14(7-8-14)13(3,15)16/h4-6,9-10H,7-8H2,1-3H3. The molecule has 16 heavy (non-hydrogen) atoms. The fourth-order valence-corrected chi connectivity index (χ4v) is 2.30. The predicted octanol–water partition coefficient (Wildman–Crippen LogP) is 4.50. The SMILES string of the molecule is CC(C)c1cccc(C2(C(C)(F)F)CC2)c1. The Hall–Kier alpha value is -0.920. The number of hydrogen-bond donors (Lipinski definition) is 0. The molecule has 0 nitrogen and oxygen atoms in total. The summed E-state index contributed by atoms with van der Waals surface area (Å²) < 4.78 is 27.2. The molecule has 1 fully saturated rings. The highest BCUT2D eigenvalue weighted by Crippen LogP contribution is 2.58. The third-order valence-electron chi connectivity index (χ3n) is 3.70. The fourth-order valence-electron chi connectivity index (χ4n) is 2.30. The van der Waals surface area contributed by atoms with E-state index in [9.17, 15) is 8.78 Å². The van der Waals surface area contributed by atoms with Gasteiger partial charge in [0.25, 0.3) is 5.92 Å². The zero-order chi connectivity index (χ0) is 12.0. The monoisotopic (exact) mass is 224 g/mol. The molecule has 1 aromatic rings. The van der Waals surface area contributed by atoms with Crippen LogP contribution in [0.5, 0.6) is 0 Å². The lowest BCUT2D eigenvalue weighted by Crippen LogP contribution is -2.30. The lowest BCUT2D eigenvalue weighted by Gasteiger charge is -2.24. The first-order valence-electron chi connectivity index (χ1n) is 5.85. The first-order valence-corrected chi connectivity index (χ1v) is 5.85. The first kappa shape index (κ1) is 11.6. The zero-order valence-corrected chi connectivity index (χ0v) is 10.1. The molecule has 0 saturated heterocycles.